The Labute approximate surface area is 137 Å². The lowest BCUT2D eigenvalue weighted by molar-refractivity contribution is 0.501. The van der Waals surface area contributed by atoms with Crippen molar-refractivity contribution in [1.29, 1.82) is 5.26 Å². The fraction of sp³-hybridized carbons (Fsp3) is 0.647. The van der Waals surface area contributed by atoms with Gasteiger partial charge in [0.15, 0.2) is 5.65 Å². The highest BCUT2D eigenvalue weighted by molar-refractivity contribution is 5.90. The molecular formula is C17H24N6. The number of aromatic nitrogens is 4. The molecular weight excluding hydrogens is 288 g/mol. The first-order valence-corrected chi connectivity index (χ1v) is 8.49. The summed E-state index contributed by atoms with van der Waals surface area (Å²) in [7, 11) is 0. The van der Waals surface area contributed by atoms with Gasteiger partial charge >= 0.3 is 0 Å². The van der Waals surface area contributed by atoms with E-state index in [4.69, 9.17) is 10.4 Å². The van der Waals surface area contributed by atoms with Gasteiger partial charge in [-0.15, -0.1) is 0 Å². The lowest BCUT2D eigenvalue weighted by Gasteiger charge is -2.36. The SMILES string of the molecule is CCCCn1nc(CC(C)C)c2c(N3CC(C#N)C3)ncnc21. The number of nitrogens with zero attached hydrogens (tertiary/aromatic N) is 6. The van der Waals surface area contributed by atoms with Crippen molar-refractivity contribution in [1.82, 2.24) is 19.7 Å². The first-order chi connectivity index (χ1) is 11.1. The van der Waals surface area contributed by atoms with Gasteiger partial charge in [0.05, 0.1) is 23.1 Å². The lowest BCUT2D eigenvalue weighted by Crippen LogP contribution is -2.46. The molecule has 0 saturated carbocycles. The van der Waals surface area contributed by atoms with E-state index in [1.54, 1.807) is 6.33 Å². The highest BCUT2D eigenvalue weighted by Crippen LogP contribution is 2.32. The Hall–Kier alpha value is -2.16. The number of nitriles is 1. The van der Waals surface area contributed by atoms with Crippen molar-refractivity contribution in [2.75, 3.05) is 18.0 Å². The number of anilines is 1. The number of aryl methyl sites for hydroxylation is 1. The molecule has 23 heavy (non-hydrogen) atoms. The molecule has 3 heterocycles. The van der Waals surface area contributed by atoms with Crippen LogP contribution in [0.15, 0.2) is 6.33 Å². The molecule has 1 aliphatic heterocycles. The fourth-order valence-electron chi connectivity index (χ4n) is 3.03. The van der Waals surface area contributed by atoms with Crippen molar-refractivity contribution in [2.45, 2.75) is 46.6 Å². The van der Waals surface area contributed by atoms with Crippen molar-refractivity contribution in [3.63, 3.8) is 0 Å². The van der Waals surface area contributed by atoms with Crippen molar-refractivity contribution >= 4 is 16.9 Å². The van der Waals surface area contributed by atoms with E-state index in [9.17, 15) is 0 Å². The van der Waals surface area contributed by atoms with E-state index in [1.807, 2.05) is 4.68 Å². The monoisotopic (exact) mass is 312 g/mol. The van der Waals surface area contributed by atoms with Crippen LogP contribution >= 0.6 is 0 Å². The maximum atomic E-state index is 9.01. The van der Waals surface area contributed by atoms with Gasteiger partial charge in [0.1, 0.15) is 12.1 Å². The first-order valence-electron chi connectivity index (χ1n) is 8.49. The molecule has 0 unspecified atom stereocenters. The van der Waals surface area contributed by atoms with Crippen LogP contribution in [-0.4, -0.2) is 32.8 Å². The third-order valence-corrected chi connectivity index (χ3v) is 4.27. The smallest absolute Gasteiger partial charge is 0.163 e. The van der Waals surface area contributed by atoms with Crippen molar-refractivity contribution < 1.29 is 0 Å². The van der Waals surface area contributed by atoms with Gasteiger partial charge in [-0.3, -0.25) is 0 Å². The predicted molar refractivity (Wildman–Crippen MR) is 90.1 cm³/mol. The fourth-order valence-corrected chi connectivity index (χ4v) is 3.03. The maximum absolute atomic E-state index is 9.01. The maximum Gasteiger partial charge on any atom is 0.163 e. The van der Waals surface area contributed by atoms with Crippen LogP contribution in [-0.2, 0) is 13.0 Å². The number of unbranched alkanes of at least 4 members (excludes halogenated alkanes) is 1. The Bertz CT molecular complexity index is 720. The molecule has 0 amide bonds. The van der Waals surface area contributed by atoms with Crippen molar-refractivity contribution in [2.24, 2.45) is 11.8 Å². The first kappa shape index (κ1) is 15.7. The normalized spacial score (nSPS) is 15.2. The van der Waals surface area contributed by atoms with Crippen LogP contribution < -0.4 is 4.90 Å². The average molecular weight is 312 g/mol. The molecule has 122 valence electrons. The largest absolute Gasteiger partial charge is 0.353 e. The molecule has 3 rings (SSSR count). The lowest BCUT2D eigenvalue weighted by atomic mass is 10.0. The van der Waals surface area contributed by atoms with Gasteiger partial charge in [-0.05, 0) is 18.8 Å². The molecule has 1 fully saturated rings. The number of rotatable bonds is 6. The number of hydrogen-bond acceptors (Lipinski definition) is 5. The molecule has 0 aromatic carbocycles. The summed E-state index contributed by atoms with van der Waals surface area (Å²) in [4.78, 5) is 11.2. The van der Waals surface area contributed by atoms with Crippen LogP contribution in [0, 0.1) is 23.2 Å². The zero-order valence-corrected chi connectivity index (χ0v) is 14.2. The minimum Gasteiger partial charge on any atom is -0.353 e. The summed E-state index contributed by atoms with van der Waals surface area (Å²) >= 11 is 0. The van der Waals surface area contributed by atoms with Crippen LogP contribution in [0.3, 0.4) is 0 Å². The molecule has 0 spiro atoms. The standard InChI is InChI=1S/C17H24N6/c1-4-5-6-23-17-15(14(21-23)7-12(2)3)16(19-11-20-17)22-9-13(8-18)10-22/h11-13H,4-7,9-10H2,1-3H3. The zero-order valence-electron chi connectivity index (χ0n) is 14.2. The van der Waals surface area contributed by atoms with Gasteiger partial charge in [0.25, 0.3) is 0 Å². The van der Waals surface area contributed by atoms with Gasteiger partial charge in [0.2, 0.25) is 0 Å². The Morgan fingerprint density at radius 1 is 1.35 bits per heavy atom. The number of hydrogen-bond donors (Lipinski definition) is 0. The molecule has 0 N–H and O–H groups in total. The third-order valence-electron chi connectivity index (χ3n) is 4.27. The second-order valence-corrected chi connectivity index (χ2v) is 6.75. The second kappa shape index (κ2) is 6.53. The van der Waals surface area contributed by atoms with Crippen LogP contribution in [0.4, 0.5) is 5.82 Å². The quantitative estimate of drug-likeness (QED) is 0.820. The Balaban J connectivity index is 2.03. The van der Waals surface area contributed by atoms with E-state index in [2.05, 4.69) is 41.7 Å². The van der Waals surface area contributed by atoms with Crippen LogP contribution in [0.25, 0.3) is 11.0 Å². The minimum atomic E-state index is 0.115. The van der Waals surface area contributed by atoms with Crippen molar-refractivity contribution in [3.05, 3.63) is 12.0 Å². The van der Waals surface area contributed by atoms with Crippen molar-refractivity contribution in [3.8, 4) is 6.07 Å². The molecule has 0 bridgehead atoms. The van der Waals surface area contributed by atoms with E-state index in [0.29, 0.717) is 5.92 Å². The predicted octanol–water partition coefficient (Wildman–Crippen LogP) is 2.78. The Morgan fingerprint density at radius 3 is 2.78 bits per heavy atom. The summed E-state index contributed by atoms with van der Waals surface area (Å²) in [5.41, 5.74) is 2.02. The van der Waals surface area contributed by atoms with E-state index in [1.165, 1.54) is 0 Å². The van der Waals surface area contributed by atoms with Gasteiger partial charge in [0, 0.05) is 19.6 Å². The van der Waals surface area contributed by atoms with Crippen LogP contribution in [0.5, 0.6) is 0 Å². The van der Waals surface area contributed by atoms with Gasteiger partial charge < -0.3 is 4.90 Å². The highest BCUT2D eigenvalue weighted by atomic mass is 15.3. The topological polar surface area (TPSA) is 70.6 Å². The summed E-state index contributed by atoms with van der Waals surface area (Å²) in [5, 5.41) is 14.9. The molecule has 1 aliphatic rings. The summed E-state index contributed by atoms with van der Waals surface area (Å²) in [6.45, 7) is 8.99. The summed E-state index contributed by atoms with van der Waals surface area (Å²) in [6, 6.07) is 2.32. The van der Waals surface area contributed by atoms with Crippen LogP contribution in [0.2, 0.25) is 0 Å². The van der Waals surface area contributed by atoms with E-state index >= 15 is 0 Å². The van der Waals surface area contributed by atoms with E-state index in [-0.39, 0.29) is 5.92 Å². The molecule has 1 saturated heterocycles. The second-order valence-electron chi connectivity index (χ2n) is 6.75. The van der Waals surface area contributed by atoms with Gasteiger partial charge in [-0.25, -0.2) is 14.6 Å². The van der Waals surface area contributed by atoms with Gasteiger partial charge in [-0.1, -0.05) is 27.2 Å². The molecule has 0 radical (unpaired) electrons. The van der Waals surface area contributed by atoms with Gasteiger partial charge in [-0.2, -0.15) is 10.4 Å². The third kappa shape index (κ3) is 3.00. The number of fused-ring (bicyclic) bond motifs is 1. The molecule has 6 nitrogen and oxygen atoms in total. The molecule has 2 aromatic heterocycles. The Kier molecular flexibility index (Phi) is 4.46. The van der Waals surface area contributed by atoms with E-state index < -0.39 is 0 Å². The summed E-state index contributed by atoms with van der Waals surface area (Å²) in [5.74, 6) is 1.59. The zero-order chi connectivity index (χ0) is 16.4. The highest BCUT2D eigenvalue weighted by Gasteiger charge is 2.30. The molecule has 2 aromatic rings. The molecule has 0 aliphatic carbocycles. The van der Waals surface area contributed by atoms with E-state index in [0.717, 1.165) is 61.4 Å². The van der Waals surface area contributed by atoms with Crippen LogP contribution in [0.1, 0.15) is 39.3 Å². The summed E-state index contributed by atoms with van der Waals surface area (Å²) in [6.07, 6.45) is 4.78. The summed E-state index contributed by atoms with van der Waals surface area (Å²) < 4.78 is 2.03. The Morgan fingerprint density at radius 2 is 2.13 bits per heavy atom. The molecule has 0 atom stereocenters. The molecule has 6 heteroatoms. The minimum absolute atomic E-state index is 0.115. The average Bonchev–Trinajstić information content (AvgIpc) is 2.82.